The summed E-state index contributed by atoms with van der Waals surface area (Å²) in [6.45, 7) is 2.06. The number of Topliss-reactive ketones (excluding diaryl/α,β-unsaturated/α-hetero) is 1. The van der Waals surface area contributed by atoms with Crippen LogP contribution in [0.5, 0.6) is 0 Å². The van der Waals surface area contributed by atoms with Crippen molar-refractivity contribution in [3.63, 3.8) is 0 Å². The molecule has 0 N–H and O–H groups in total. The predicted octanol–water partition coefficient (Wildman–Crippen LogP) is 4.17. The number of ketones is 1. The normalized spacial score (nSPS) is 20.7. The number of carbonyl (C=O) groups excluding carboxylic acids is 1. The average molecular weight is 321 g/mol. The van der Waals surface area contributed by atoms with Gasteiger partial charge in [-0.3, -0.25) is 4.79 Å². The number of methoxy groups -OCH3 is 1. The Morgan fingerprint density at radius 3 is 2.67 bits per heavy atom. The van der Waals surface area contributed by atoms with E-state index < -0.39 is 0 Å². The highest BCUT2D eigenvalue weighted by Crippen LogP contribution is 2.29. The van der Waals surface area contributed by atoms with Crippen molar-refractivity contribution in [2.75, 3.05) is 7.11 Å². The van der Waals surface area contributed by atoms with Gasteiger partial charge in [0.1, 0.15) is 5.69 Å². The summed E-state index contributed by atoms with van der Waals surface area (Å²) in [6, 6.07) is 7.82. The van der Waals surface area contributed by atoms with E-state index in [4.69, 9.17) is 11.2 Å². The molecule has 1 aromatic carbocycles. The van der Waals surface area contributed by atoms with Crippen LogP contribution in [0, 0.1) is 18.3 Å². The van der Waals surface area contributed by atoms with Crippen LogP contribution in [0.15, 0.2) is 24.3 Å². The van der Waals surface area contributed by atoms with Crippen molar-refractivity contribution in [1.29, 1.82) is 0 Å². The van der Waals surface area contributed by atoms with Gasteiger partial charge in [-0.2, -0.15) is 0 Å². The average Bonchev–Trinajstić information content (AvgIpc) is 2.65. The molecule has 0 unspecified atom stereocenters. The highest BCUT2D eigenvalue weighted by Gasteiger charge is 2.27. The number of rotatable bonds is 4. The minimum atomic E-state index is 0.109. The third kappa shape index (κ3) is 3.20. The molecule has 0 bridgehead atoms. The van der Waals surface area contributed by atoms with E-state index in [2.05, 4.69) is 23.9 Å². The van der Waals surface area contributed by atoms with E-state index in [9.17, 15) is 4.79 Å². The Hall–Kier alpha value is -2.18. The highest BCUT2D eigenvalue weighted by molar-refractivity contribution is 6.01. The van der Waals surface area contributed by atoms with Gasteiger partial charge in [0.25, 0.3) is 0 Å². The van der Waals surface area contributed by atoms with Crippen molar-refractivity contribution in [1.82, 2.24) is 4.98 Å². The van der Waals surface area contributed by atoms with Crippen LogP contribution in [0.1, 0.15) is 54.2 Å². The number of nitrogens with zero attached hydrogens (tertiary/aromatic N) is 1. The van der Waals surface area contributed by atoms with Gasteiger partial charge in [-0.15, -0.1) is 6.42 Å². The number of hydrogen-bond acceptors (Lipinski definition) is 3. The van der Waals surface area contributed by atoms with Crippen LogP contribution in [-0.2, 0) is 11.2 Å². The lowest BCUT2D eigenvalue weighted by molar-refractivity contribution is 0.0519. The molecule has 0 amide bonds. The molecule has 1 saturated carbocycles. The molecule has 0 radical (unpaired) electrons. The summed E-state index contributed by atoms with van der Waals surface area (Å²) in [7, 11) is 1.75. The SMILES string of the molecule is C#Cc1nc2ccc(C(=O)C3CCC(OC)CC3)cc2cc1CC. The maximum atomic E-state index is 12.8. The third-order valence-electron chi connectivity index (χ3n) is 5.07. The molecule has 1 aliphatic carbocycles. The van der Waals surface area contributed by atoms with E-state index in [-0.39, 0.29) is 11.7 Å². The maximum absolute atomic E-state index is 12.8. The van der Waals surface area contributed by atoms with Crippen molar-refractivity contribution in [2.45, 2.75) is 45.1 Å². The molecule has 1 heterocycles. The van der Waals surface area contributed by atoms with Crippen molar-refractivity contribution in [2.24, 2.45) is 5.92 Å². The standard InChI is InChI=1S/C21H23NO2/c1-4-14-12-17-13-16(8-11-20(17)22-19(14)5-2)21(23)15-6-9-18(24-3)10-7-15/h2,8,11-13,15,18H,4,6-7,9-10H2,1,3H3. The number of pyridine rings is 1. The van der Waals surface area contributed by atoms with Gasteiger partial charge in [-0.05, 0) is 67.9 Å². The quantitative estimate of drug-likeness (QED) is 0.627. The molecule has 1 fully saturated rings. The second kappa shape index (κ2) is 7.15. The Bertz CT molecular complexity index is 795. The number of hydrogen-bond donors (Lipinski definition) is 0. The van der Waals surface area contributed by atoms with Gasteiger partial charge in [0.2, 0.25) is 0 Å². The van der Waals surface area contributed by atoms with E-state index in [1.807, 2.05) is 18.2 Å². The molecule has 0 spiro atoms. The fraction of sp³-hybridized carbons (Fsp3) is 0.429. The molecule has 2 aromatic rings. The fourth-order valence-corrected chi connectivity index (χ4v) is 3.56. The largest absolute Gasteiger partial charge is 0.381 e. The van der Waals surface area contributed by atoms with E-state index in [1.54, 1.807) is 7.11 Å². The third-order valence-corrected chi connectivity index (χ3v) is 5.07. The van der Waals surface area contributed by atoms with Crippen molar-refractivity contribution in [3.05, 3.63) is 41.1 Å². The highest BCUT2D eigenvalue weighted by atomic mass is 16.5. The van der Waals surface area contributed by atoms with Crippen LogP contribution in [0.25, 0.3) is 10.9 Å². The van der Waals surface area contributed by atoms with Gasteiger partial charge >= 0.3 is 0 Å². The first-order chi connectivity index (χ1) is 11.7. The lowest BCUT2D eigenvalue weighted by atomic mass is 9.82. The van der Waals surface area contributed by atoms with Crippen LogP contribution < -0.4 is 0 Å². The number of ether oxygens (including phenoxy) is 1. The number of aryl methyl sites for hydroxylation is 1. The lowest BCUT2D eigenvalue weighted by Gasteiger charge is -2.26. The van der Waals surface area contributed by atoms with Crippen molar-refractivity contribution in [3.8, 4) is 12.3 Å². The minimum absolute atomic E-state index is 0.109. The number of benzene rings is 1. The Kier molecular flexibility index (Phi) is 4.97. The minimum Gasteiger partial charge on any atom is -0.381 e. The monoisotopic (exact) mass is 321 g/mol. The topological polar surface area (TPSA) is 39.2 Å². The zero-order chi connectivity index (χ0) is 17.1. The number of fused-ring (bicyclic) bond motifs is 1. The maximum Gasteiger partial charge on any atom is 0.165 e. The van der Waals surface area contributed by atoms with E-state index in [0.717, 1.165) is 54.1 Å². The first-order valence-corrected chi connectivity index (χ1v) is 8.63. The van der Waals surface area contributed by atoms with Crippen LogP contribution in [0.4, 0.5) is 0 Å². The molecule has 3 heteroatoms. The van der Waals surface area contributed by atoms with Gasteiger partial charge in [-0.25, -0.2) is 4.98 Å². The molecule has 1 aromatic heterocycles. The number of aromatic nitrogens is 1. The molecule has 1 aliphatic rings. The molecular weight excluding hydrogens is 298 g/mol. The summed E-state index contributed by atoms with van der Waals surface area (Å²) in [4.78, 5) is 17.4. The van der Waals surface area contributed by atoms with Crippen LogP contribution >= 0.6 is 0 Å². The smallest absolute Gasteiger partial charge is 0.165 e. The summed E-state index contributed by atoms with van der Waals surface area (Å²) in [5.41, 5.74) is 3.37. The molecule has 124 valence electrons. The predicted molar refractivity (Wildman–Crippen MR) is 96.1 cm³/mol. The lowest BCUT2D eigenvalue weighted by Crippen LogP contribution is -2.25. The number of carbonyl (C=O) groups is 1. The van der Waals surface area contributed by atoms with E-state index in [0.29, 0.717) is 11.8 Å². The molecule has 3 nitrogen and oxygen atoms in total. The van der Waals surface area contributed by atoms with Gasteiger partial charge in [0, 0.05) is 24.0 Å². The van der Waals surface area contributed by atoms with Gasteiger partial charge in [0.05, 0.1) is 11.6 Å². The molecular formula is C21H23NO2. The van der Waals surface area contributed by atoms with Crippen LogP contribution in [0.3, 0.4) is 0 Å². The molecule has 3 rings (SSSR count). The second-order valence-electron chi connectivity index (χ2n) is 6.48. The molecule has 0 saturated heterocycles. The fourth-order valence-electron chi connectivity index (χ4n) is 3.56. The first-order valence-electron chi connectivity index (χ1n) is 8.63. The molecule has 0 atom stereocenters. The van der Waals surface area contributed by atoms with Gasteiger partial charge < -0.3 is 4.74 Å². The van der Waals surface area contributed by atoms with Gasteiger partial charge in [-0.1, -0.05) is 6.92 Å². The summed E-state index contributed by atoms with van der Waals surface area (Å²) in [6.07, 6.45) is 10.4. The van der Waals surface area contributed by atoms with Gasteiger partial charge in [0.15, 0.2) is 5.78 Å². The Labute approximate surface area is 143 Å². The Balaban J connectivity index is 1.88. The van der Waals surface area contributed by atoms with Crippen LogP contribution in [0.2, 0.25) is 0 Å². The molecule has 24 heavy (non-hydrogen) atoms. The van der Waals surface area contributed by atoms with E-state index in [1.165, 1.54) is 0 Å². The Morgan fingerprint density at radius 2 is 2.04 bits per heavy atom. The van der Waals surface area contributed by atoms with E-state index >= 15 is 0 Å². The Morgan fingerprint density at radius 1 is 1.29 bits per heavy atom. The number of terminal acetylenes is 1. The summed E-state index contributed by atoms with van der Waals surface area (Å²) in [5, 5.41) is 0.988. The van der Waals surface area contributed by atoms with Crippen LogP contribution in [-0.4, -0.2) is 24.0 Å². The summed E-state index contributed by atoms with van der Waals surface area (Å²) in [5.74, 6) is 3.00. The zero-order valence-electron chi connectivity index (χ0n) is 14.3. The van der Waals surface area contributed by atoms with Crippen molar-refractivity contribution >= 4 is 16.7 Å². The zero-order valence-corrected chi connectivity index (χ0v) is 14.3. The summed E-state index contributed by atoms with van der Waals surface area (Å²) >= 11 is 0. The van der Waals surface area contributed by atoms with Crippen molar-refractivity contribution < 1.29 is 9.53 Å². The second-order valence-corrected chi connectivity index (χ2v) is 6.48. The molecule has 0 aliphatic heterocycles. The first kappa shape index (κ1) is 16.7. The summed E-state index contributed by atoms with van der Waals surface area (Å²) < 4.78 is 5.39.